The van der Waals surface area contributed by atoms with Crippen molar-refractivity contribution >= 4 is 27.1 Å². The van der Waals surface area contributed by atoms with Crippen molar-refractivity contribution in [3.05, 3.63) is 53.4 Å². The molecule has 2 aromatic carbocycles. The Kier molecular flexibility index (Phi) is 2.37. The molecule has 0 saturated carbocycles. The number of rotatable bonds is 1. The number of anilines is 1. The molecule has 1 nitrogen and oxygen atoms in total. The first-order chi connectivity index (χ1) is 8.25. The molecule has 1 aromatic heterocycles. The second-order valence-electron chi connectivity index (χ2n) is 4.15. The van der Waals surface area contributed by atoms with E-state index in [0.717, 1.165) is 5.69 Å². The predicted octanol–water partition coefficient (Wildman–Crippen LogP) is 4.46. The molecule has 84 valence electrons. The van der Waals surface area contributed by atoms with Gasteiger partial charge in [-0.05, 0) is 30.7 Å². The third-order valence-electron chi connectivity index (χ3n) is 2.95. The lowest BCUT2D eigenvalue weighted by Gasteiger charge is -2.03. The SMILES string of the molecule is Cc1sc2ccccc2c1-c1cccc(N)c1. The Morgan fingerprint density at radius 1 is 1.00 bits per heavy atom. The molecule has 0 atom stereocenters. The second kappa shape index (κ2) is 3.90. The Bertz CT molecular complexity index is 682. The molecule has 0 aliphatic heterocycles. The van der Waals surface area contributed by atoms with Gasteiger partial charge >= 0.3 is 0 Å². The molecule has 0 radical (unpaired) electrons. The molecule has 0 fully saturated rings. The summed E-state index contributed by atoms with van der Waals surface area (Å²) in [5.41, 5.74) is 9.20. The molecule has 0 aliphatic rings. The first-order valence-corrected chi connectivity index (χ1v) is 6.41. The van der Waals surface area contributed by atoms with Gasteiger partial charge in [-0.25, -0.2) is 0 Å². The molecule has 0 spiro atoms. The molecule has 2 heteroatoms. The molecular weight excluding hydrogens is 226 g/mol. The minimum atomic E-state index is 0.817. The van der Waals surface area contributed by atoms with Crippen molar-refractivity contribution < 1.29 is 0 Å². The van der Waals surface area contributed by atoms with Gasteiger partial charge in [-0.1, -0.05) is 30.3 Å². The van der Waals surface area contributed by atoms with Gasteiger partial charge in [0.25, 0.3) is 0 Å². The number of benzene rings is 2. The van der Waals surface area contributed by atoms with E-state index in [1.807, 2.05) is 29.5 Å². The first kappa shape index (κ1) is 10.4. The van der Waals surface area contributed by atoms with Gasteiger partial charge in [-0.15, -0.1) is 11.3 Å². The average Bonchev–Trinajstić information content (AvgIpc) is 2.64. The largest absolute Gasteiger partial charge is 0.399 e. The van der Waals surface area contributed by atoms with Crippen LogP contribution in [0.4, 0.5) is 5.69 Å². The van der Waals surface area contributed by atoms with Crippen LogP contribution in [0.1, 0.15) is 4.88 Å². The van der Waals surface area contributed by atoms with E-state index in [9.17, 15) is 0 Å². The molecule has 3 aromatic rings. The number of aryl methyl sites for hydroxylation is 1. The lowest BCUT2D eigenvalue weighted by Crippen LogP contribution is -1.85. The van der Waals surface area contributed by atoms with Gasteiger partial charge in [-0.3, -0.25) is 0 Å². The van der Waals surface area contributed by atoms with Crippen molar-refractivity contribution in [2.24, 2.45) is 0 Å². The maximum Gasteiger partial charge on any atom is 0.0352 e. The van der Waals surface area contributed by atoms with Crippen LogP contribution in [0.2, 0.25) is 0 Å². The predicted molar refractivity (Wildman–Crippen MR) is 76.4 cm³/mol. The van der Waals surface area contributed by atoms with E-state index in [1.165, 1.54) is 26.1 Å². The van der Waals surface area contributed by atoms with E-state index in [4.69, 9.17) is 5.73 Å². The molecule has 17 heavy (non-hydrogen) atoms. The van der Waals surface area contributed by atoms with Gasteiger partial charge in [-0.2, -0.15) is 0 Å². The highest BCUT2D eigenvalue weighted by Gasteiger charge is 2.10. The summed E-state index contributed by atoms with van der Waals surface area (Å²) in [6, 6.07) is 16.6. The zero-order valence-corrected chi connectivity index (χ0v) is 10.4. The van der Waals surface area contributed by atoms with E-state index in [0.29, 0.717) is 0 Å². The summed E-state index contributed by atoms with van der Waals surface area (Å²) in [5.74, 6) is 0. The summed E-state index contributed by atoms with van der Waals surface area (Å²) in [4.78, 5) is 1.34. The fourth-order valence-electron chi connectivity index (χ4n) is 2.22. The first-order valence-electron chi connectivity index (χ1n) is 5.60. The summed E-state index contributed by atoms with van der Waals surface area (Å²) in [5, 5.41) is 1.32. The van der Waals surface area contributed by atoms with E-state index in [-0.39, 0.29) is 0 Å². The van der Waals surface area contributed by atoms with Crippen molar-refractivity contribution in [3.63, 3.8) is 0 Å². The lowest BCUT2D eigenvalue weighted by molar-refractivity contribution is 1.59. The molecule has 0 aliphatic carbocycles. The molecule has 0 bridgehead atoms. The van der Waals surface area contributed by atoms with E-state index < -0.39 is 0 Å². The van der Waals surface area contributed by atoms with Crippen molar-refractivity contribution in [3.8, 4) is 11.1 Å². The van der Waals surface area contributed by atoms with Crippen molar-refractivity contribution in [1.29, 1.82) is 0 Å². The standard InChI is InChI=1S/C15H13NS/c1-10-15(11-5-4-6-12(16)9-11)13-7-2-3-8-14(13)17-10/h2-9H,16H2,1H3. The van der Waals surface area contributed by atoms with Crippen LogP contribution in [-0.4, -0.2) is 0 Å². The van der Waals surface area contributed by atoms with E-state index in [2.05, 4.69) is 37.3 Å². The normalized spacial score (nSPS) is 10.9. The highest BCUT2D eigenvalue weighted by atomic mass is 32.1. The lowest BCUT2D eigenvalue weighted by atomic mass is 10.0. The van der Waals surface area contributed by atoms with Crippen LogP contribution in [0.15, 0.2) is 48.5 Å². The number of hydrogen-bond acceptors (Lipinski definition) is 2. The number of nitrogen functional groups attached to an aromatic ring is 1. The minimum absolute atomic E-state index is 0.817. The fraction of sp³-hybridized carbons (Fsp3) is 0.0667. The number of nitrogens with two attached hydrogens (primary N) is 1. The molecule has 0 saturated heterocycles. The number of hydrogen-bond donors (Lipinski definition) is 1. The fourth-order valence-corrected chi connectivity index (χ4v) is 3.31. The third-order valence-corrected chi connectivity index (χ3v) is 4.03. The molecular formula is C15H13NS. The molecule has 2 N–H and O–H groups in total. The minimum Gasteiger partial charge on any atom is -0.399 e. The molecule has 1 heterocycles. The number of fused-ring (bicyclic) bond motifs is 1. The van der Waals surface area contributed by atoms with Crippen LogP contribution in [0.25, 0.3) is 21.2 Å². The van der Waals surface area contributed by atoms with Crippen molar-refractivity contribution in [1.82, 2.24) is 0 Å². The van der Waals surface area contributed by atoms with Gasteiger partial charge in [0.15, 0.2) is 0 Å². The van der Waals surface area contributed by atoms with Gasteiger partial charge < -0.3 is 5.73 Å². The Balaban J connectivity index is 2.33. The Morgan fingerprint density at radius 3 is 2.65 bits per heavy atom. The van der Waals surface area contributed by atoms with Crippen molar-refractivity contribution in [2.75, 3.05) is 5.73 Å². The van der Waals surface area contributed by atoms with Crippen molar-refractivity contribution in [2.45, 2.75) is 6.92 Å². The van der Waals surface area contributed by atoms with Gasteiger partial charge in [0.1, 0.15) is 0 Å². The van der Waals surface area contributed by atoms with Crippen LogP contribution in [0.5, 0.6) is 0 Å². The van der Waals surface area contributed by atoms with Crippen LogP contribution in [0, 0.1) is 6.92 Å². The van der Waals surface area contributed by atoms with Crippen LogP contribution in [0.3, 0.4) is 0 Å². The monoisotopic (exact) mass is 239 g/mol. The topological polar surface area (TPSA) is 26.0 Å². The summed E-state index contributed by atoms with van der Waals surface area (Å²) in [6.45, 7) is 2.17. The smallest absolute Gasteiger partial charge is 0.0352 e. The molecule has 3 rings (SSSR count). The zero-order valence-electron chi connectivity index (χ0n) is 9.60. The summed E-state index contributed by atoms with van der Waals surface area (Å²) in [7, 11) is 0. The van der Waals surface area contributed by atoms with Gasteiger partial charge in [0, 0.05) is 26.2 Å². The highest BCUT2D eigenvalue weighted by molar-refractivity contribution is 7.19. The van der Waals surface area contributed by atoms with Crippen LogP contribution < -0.4 is 5.73 Å². The van der Waals surface area contributed by atoms with Crippen LogP contribution in [-0.2, 0) is 0 Å². The van der Waals surface area contributed by atoms with E-state index >= 15 is 0 Å². The Labute approximate surface area is 105 Å². The maximum atomic E-state index is 5.86. The molecule has 0 amide bonds. The summed E-state index contributed by atoms with van der Waals surface area (Å²) < 4.78 is 1.34. The second-order valence-corrected chi connectivity index (χ2v) is 5.41. The molecule has 0 unspecified atom stereocenters. The van der Waals surface area contributed by atoms with Gasteiger partial charge in [0.05, 0.1) is 0 Å². The highest BCUT2D eigenvalue weighted by Crippen LogP contribution is 2.38. The number of thiophene rings is 1. The summed E-state index contributed by atoms with van der Waals surface area (Å²) in [6.07, 6.45) is 0. The quantitative estimate of drug-likeness (QED) is 0.623. The van der Waals surface area contributed by atoms with Gasteiger partial charge in [0.2, 0.25) is 0 Å². The average molecular weight is 239 g/mol. The van der Waals surface area contributed by atoms with E-state index in [1.54, 1.807) is 0 Å². The summed E-state index contributed by atoms with van der Waals surface area (Å²) >= 11 is 1.84. The maximum absolute atomic E-state index is 5.86. The Morgan fingerprint density at radius 2 is 1.82 bits per heavy atom. The Hall–Kier alpha value is -1.80. The zero-order chi connectivity index (χ0) is 11.8. The third kappa shape index (κ3) is 1.71. The van der Waals surface area contributed by atoms with Crippen LogP contribution >= 0.6 is 11.3 Å².